The molecule has 0 radical (unpaired) electrons. The predicted molar refractivity (Wildman–Crippen MR) is 77.7 cm³/mol. The topological polar surface area (TPSA) is 30.7 Å². The fourth-order valence-corrected chi connectivity index (χ4v) is 2.93. The summed E-state index contributed by atoms with van der Waals surface area (Å²) >= 11 is 12.6. The van der Waals surface area contributed by atoms with Crippen LogP contribution in [0.3, 0.4) is 0 Å². The van der Waals surface area contributed by atoms with Crippen molar-refractivity contribution in [2.75, 3.05) is 0 Å². The Balaban J connectivity index is 2.19. The van der Waals surface area contributed by atoms with Crippen molar-refractivity contribution in [1.29, 1.82) is 0 Å². The van der Waals surface area contributed by atoms with E-state index in [4.69, 9.17) is 23.8 Å². The number of hydrogen-bond donors (Lipinski definition) is 0. The number of fused-ring (bicyclic) bond motifs is 1. The van der Waals surface area contributed by atoms with Gasteiger partial charge in [-0.25, -0.2) is 9.67 Å². The summed E-state index contributed by atoms with van der Waals surface area (Å²) in [6.45, 7) is 0. The molecule has 18 heavy (non-hydrogen) atoms. The van der Waals surface area contributed by atoms with Crippen molar-refractivity contribution in [2.45, 2.75) is 0 Å². The fraction of sp³-hybridized carbons (Fsp3) is 0.0833. The molecule has 90 valence electrons. The summed E-state index contributed by atoms with van der Waals surface area (Å²) < 4.78 is 2.10. The summed E-state index contributed by atoms with van der Waals surface area (Å²) in [6.07, 6.45) is 0. The molecule has 2 aromatic heterocycles. The predicted octanol–water partition coefficient (Wildman–Crippen LogP) is 4.08. The van der Waals surface area contributed by atoms with Gasteiger partial charge in [0.1, 0.15) is 10.3 Å². The molecule has 0 bridgehead atoms. The Morgan fingerprint density at radius 2 is 2.00 bits per heavy atom. The van der Waals surface area contributed by atoms with Crippen LogP contribution in [0.4, 0.5) is 0 Å². The number of aromatic nitrogens is 3. The molecular formula is C12H8ClN3S2. The second-order valence-electron chi connectivity index (χ2n) is 3.83. The van der Waals surface area contributed by atoms with E-state index in [1.54, 1.807) is 23.1 Å². The molecule has 0 saturated heterocycles. The minimum absolute atomic E-state index is 0.493. The van der Waals surface area contributed by atoms with Gasteiger partial charge in [-0.05, 0) is 36.0 Å². The number of rotatable bonds is 1. The Morgan fingerprint density at radius 1 is 1.28 bits per heavy atom. The highest BCUT2D eigenvalue weighted by atomic mass is 35.5. The van der Waals surface area contributed by atoms with Crippen LogP contribution in [-0.2, 0) is 7.05 Å². The third-order valence-electron chi connectivity index (χ3n) is 2.55. The molecule has 0 atom stereocenters. The number of thiophene rings is 1. The molecular weight excluding hydrogens is 286 g/mol. The number of hydrogen-bond acceptors (Lipinski definition) is 4. The highest BCUT2D eigenvalue weighted by molar-refractivity contribution is 7.71. The van der Waals surface area contributed by atoms with Crippen LogP contribution >= 0.6 is 35.2 Å². The number of halogens is 1. The first-order chi connectivity index (χ1) is 8.63. The summed E-state index contributed by atoms with van der Waals surface area (Å²) in [7, 11) is 1.80. The van der Waals surface area contributed by atoms with Gasteiger partial charge in [-0.3, -0.25) is 0 Å². The maximum absolute atomic E-state index is 5.88. The number of aryl methyl sites for hydroxylation is 1. The van der Waals surface area contributed by atoms with Gasteiger partial charge in [-0.2, -0.15) is 5.10 Å². The van der Waals surface area contributed by atoms with E-state index in [2.05, 4.69) is 10.1 Å². The minimum Gasteiger partial charge on any atom is -0.241 e. The highest BCUT2D eigenvalue weighted by Crippen LogP contribution is 2.31. The van der Waals surface area contributed by atoms with Crippen LogP contribution in [0.2, 0.25) is 5.02 Å². The first kappa shape index (κ1) is 11.8. The molecule has 1 aromatic carbocycles. The van der Waals surface area contributed by atoms with E-state index in [9.17, 15) is 0 Å². The first-order valence-electron chi connectivity index (χ1n) is 5.24. The van der Waals surface area contributed by atoms with Crippen molar-refractivity contribution < 1.29 is 0 Å². The number of benzene rings is 1. The lowest BCUT2D eigenvalue weighted by Gasteiger charge is -1.95. The molecule has 3 aromatic rings. The Morgan fingerprint density at radius 3 is 2.72 bits per heavy atom. The smallest absolute Gasteiger partial charge is 0.217 e. The molecule has 6 heteroatoms. The second-order valence-corrected chi connectivity index (χ2v) is 5.66. The molecule has 0 saturated carbocycles. The average Bonchev–Trinajstić information content (AvgIpc) is 2.73. The minimum atomic E-state index is 0.493. The van der Waals surface area contributed by atoms with Gasteiger partial charge in [0.2, 0.25) is 4.77 Å². The first-order valence-corrected chi connectivity index (χ1v) is 6.84. The van der Waals surface area contributed by atoms with Gasteiger partial charge in [0.25, 0.3) is 0 Å². The zero-order valence-electron chi connectivity index (χ0n) is 9.42. The summed E-state index contributed by atoms with van der Waals surface area (Å²) in [5.74, 6) is 0. The lowest BCUT2D eigenvalue weighted by molar-refractivity contribution is 0.722. The molecule has 3 rings (SSSR count). The Kier molecular flexibility index (Phi) is 2.89. The zero-order valence-corrected chi connectivity index (χ0v) is 11.8. The van der Waals surface area contributed by atoms with Crippen LogP contribution in [-0.4, -0.2) is 14.8 Å². The molecule has 0 fully saturated rings. The van der Waals surface area contributed by atoms with Crippen molar-refractivity contribution in [2.24, 2.45) is 7.05 Å². The van der Waals surface area contributed by atoms with E-state index in [1.807, 2.05) is 30.3 Å². The summed E-state index contributed by atoms with van der Waals surface area (Å²) in [6, 6.07) is 9.75. The van der Waals surface area contributed by atoms with Gasteiger partial charge in [-0.15, -0.1) is 11.3 Å². The lowest BCUT2D eigenvalue weighted by atomic mass is 10.2. The van der Waals surface area contributed by atoms with E-state index in [1.165, 1.54) is 0 Å². The normalized spacial score (nSPS) is 11.0. The van der Waals surface area contributed by atoms with Crippen molar-refractivity contribution >= 4 is 45.5 Å². The van der Waals surface area contributed by atoms with Crippen molar-refractivity contribution in [3.63, 3.8) is 0 Å². The molecule has 0 unspecified atom stereocenters. The van der Waals surface area contributed by atoms with E-state index in [-0.39, 0.29) is 0 Å². The fourth-order valence-electron chi connectivity index (χ4n) is 1.64. The Hall–Kier alpha value is -1.30. The lowest BCUT2D eigenvalue weighted by Crippen LogP contribution is -1.99. The molecule has 0 aliphatic rings. The third-order valence-corrected chi connectivity index (χ3v) is 4.23. The van der Waals surface area contributed by atoms with Gasteiger partial charge in [0.05, 0.1) is 0 Å². The van der Waals surface area contributed by atoms with Crippen LogP contribution in [0.5, 0.6) is 0 Å². The van der Waals surface area contributed by atoms with Gasteiger partial charge in [-0.1, -0.05) is 23.7 Å². The second kappa shape index (κ2) is 4.42. The maximum Gasteiger partial charge on any atom is 0.217 e. The molecule has 3 nitrogen and oxygen atoms in total. The van der Waals surface area contributed by atoms with Gasteiger partial charge >= 0.3 is 0 Å². The maximum atomic E-state index is 5.88. The standard InChI is InChI=1S/C12H8ClN3S2/c1-16-12(17)14-11-9(15-16)6-10(18-11)7-2-4-8(13)5-3-7/h2-6H,1H3. The van der Waals surface area contributed by atoms with Crippen LogP contribution in [0.25, 0.3) is 20.8 Å². The van der Waals surface area contributed by atoms with Gasteiger partial charge in [0.15, 0.2) is 0 Å². The Labute approximate surface area is 118 Å². The summed E-state index contributed by atoms with van der Waals surface area (Å²) in [4.78, 5) is 6.32. The van der Waals surface area contributed by atoms with E-state index in [0.29, 0.717) is 4.77 Å². The highest BCUT2D eigenvalue weighted by Gasteiger charge is 2.07. The van der Waals surface area contributed by atoms with Gasteiger partial charge in [0, 0.05) is 16.9 Å². The molecule has 2 heterocycles. The van der Waals surface area contributed by atoms with Crippen LogP contribution in [0, 0.1) is 4.77 Å². The monoisotopic (exact) mass is 293 g/mol. The van der Waals surface area contributed by atoms with E-state index < -0.39 is 0 Å². The quantitative estimate of drug-likeness (QED) is 0.633. The van der Waals surface area contributed by atoms with Gasteiger partial charge < -0.3 is 0 Å². The molecule has 0 aliphatic carbocycles. The van der Waals surface area contributed by atoms with E-state index >= 15 is 0 Å². The van der Waals surface area contributed by atoms with Crippen molar-refractivity contribution in [3.05, 3.63) is 40.1 Å². The largest absolute Gasteiger partial charge is 0.241 e. The SMILES string of the molecule is Cn1nc2cc(-c3ccc(Cl)cc3)sc2nc1=S. The molecule has 0 N–H and O–H groups in total. The molecule has 0 aliphatic heterocycles. The average molecular weight is 294 g/mol. The van der Waals surface area contributed by atoms with Crippen LogP contribution in [0.15, 0.2) is 30.3 Å². The number of nitrogens with zero attached hydrogens (tertiary/aromatic N) is 3. The Bertz CT molecular complexity index is 774. The van der Waals surface area contributed by atoms with Crippen molar-refractivity contribution in [3.8, 4) is 10.4 Å². The summed E-state index contributed by atoms with van der Waals surface area (Å²) in [5, 5.41) is 5.11. The zero-order chi connectivity index (χ0) is 12.7. The molecule has 0 amide bonds. The van der Waals surface area contributed by atoms with Crippen LogP contribution in [0.1, 0.15) is 0 Å². The third kappa shape index (κ3) is 2.05. The summed E-state index contributed by atoms with van der Waals surface area (Å²) in [5.41, 5.74) is 1.97. The van der Waals surface area contributed by atoms with E-state index in [0.717, 1.165) is 25.8 Å². The van der Waals surface area contributed by atoms with Crippen LogP contribution < -0.4 is 0 Å². The van der Waals surface area contributed by atoms with Crippen molar-refractivity contribution in [1.82, 2.24) is 14.8 Å². The molecule has 0 spiro atoms.